The number of hydrogen-bond donors (Lipinski definition) is 2. The summed E-state index contributed by atoms with van der Waals surface area (Å²) in [7, 11) is -1.57. The van der Waals surface area contributed by atoms with Crippen molar-refractivity contribution in [1.29, 1.82) is 0 Å². The molecule has 0 aromatic carbocycles. The molecule has 2 N–H and O–H groups in total. The quantitative estimate of drug-likeness (QED) is 0.821. The highest BCUT2D eigenvalue weighted by Gasteiger charge is 2.27. The van der Waals surface area contributed by atoms with Gasteiger partial charge in [0.15, 0.2) is 0 Å². The fourth-order valence-corrected chi connectivity index (χ4v) is 5.62. The Balaban J connectivity index is 2.15. The number of sulfonamides is 1. The van der Waals surface area contributed by atoms with E-state index in [1.165, 1.54) is 24.2 Å². The Morgan fingerprint density at radius 3 is 2.80 bits per heavy atom. The van der Waals surface area contributed by atoms with Gasteiger partial charge in [0.2, 0.25) is 10.0 Å². The van der Waals surface area contributed by atoms with Crippen LogP contribution < -0.4 is 10.0 Å². The van der Waals surface area contributed by atoms with Crippen LogP contribution in [0.5, 0.6) is 0 Å². The number of hydrogen-bond acceptors (Lipinski definition) is 4. The lowest BCUT2D eigenvalue weighted by Crippen LogP contribution is -2.39. The van der Waals surface area contributed by atoms with Crippen molar-refractivity contribution in [3.8, 4) is 0 Å². The highest BCUT2D eigenvalue weighted by molar-refractivity contribution is 7.89. The number of thiophene rings is 1. The molecule has 0 saturated heterocycles. The predicted octanol–water partition coefficient (Wildman–Crippen LogP) is 2.71. The summed E-state index contributed by atoms with van der Waals surface area (Å²) in [5.74, 6) is 0.415. The van der Waals surface area contributed by atoms with E-state index < -0.39 is 10.0 Å². The van der Waals surface area contributed by atoms with E-state index in [1.54, 1.807) is 6.07 Å². The number of rotatable bonds is 5. The van der Waals surface area contributed by atoms with E-state index in [-0.39, 0.29) is 6.04 Å². The summed E-state index contributed by atoms with van der Waals surface area (Å²) in [5.41, 5.74) is 0. The van der Waals surface area contributed by atoms with Gasteiger partial charge in [0.05, 0.1) is 4.90 Å². The van der Waals surface area contributed by atoms with Gasteiger partial charge in [0.1, 0.15) is 0 Å². The molecule has 4 nitrogen and oxygen atoms in total. The van der Waals surface area contributed by atoms with Crippen LogP contribution in [0.1, 0.15) is 43.9 Å². The van der Waals surface area contributed by atoms with E-state index in [0.29, 0.717) is 17.4 Å². The van der Waals surface area contributed by atoms with Crippen LogP contribution in [0, 0.1) is 5.92 Å². The Bertz CT molecular complexity index is 525. The van der Waals surface area contributed by atoms with E-state index in [9.17, 15) is 8.42 Å². The first-order chi connectivity index (χ1) is 9.54. The molecular formula is C14H24N2O2S2. The zero-order chi connectivity index (χ0) is 14.6. The maximum Gasteiger partial charge on any atom is 0.241 e. The molecule has 1 aliphatic rings. The predicted molar refractivity (Wildman–Crippen MR) is 83.4 cm³/mol. The second-order valence-electron chi connectivity index (χ2n) is 5.58. The lowest BCUT2D eigenvalue weighted by molar-refractivity contribution is 0.399. The summed E-state index contributed by atoms with van der Waals surface area (Å²) >= 11 is 1.49. The largest absolute Gasteiger partial charge is 0.315 e. The molecule has 6 heteroatoms. The third-order valence-electron chi connectivity index (χ3n) is 4.00. The Kier molecular flexibility index (Phi) is 5.60. The topological polar surface area (TPSA) is 58.2 Å². The average Bonchev–Trinajstić information content (AvgIpc) is 2.78. The van der Waals surface area contributed by atoms with Crippen LogP contribution in [0.2, 0.25) is 0 Å². The average molecular weight is 316 g/mol. The molecule has 2 unspecified atom stereocenters. The van der Waals surface area contributed by atoms with Gasteiger partial charge >= 0.3 is 0 Å². The van der Waals surface area contributed by atoms with E-state index in [0.717, 1.165) is 24.1 Å². The van der Waals surface area contributed by atoms with Crippen molar-refractivity contribution in [2.75, 3.05) is 7.05 Å². The van der Waals surface area contributed by atoms with Gasteiger partial charge < -0.3 is 5.32 Å². The molecule has 20 heavy (non-hydrogen) atoms. The molecule has 0 radical (unpaired) electrons. The van der Waals surface area contributed by atoms with E-state index in [2.05, 4.69) is 17.0 Å². The summed E-state index contributed by atoms with van der Waals surface area (Å²) in [6.45, 7) is 2.74. The molecule has 1 fully saturated rings. The molecule has 0 bridgehead atoms. The molecule has 2 rings (SSSR count). The molecule has 0 amide bonds. The molecule has 0 spiro atoms. The van der Waals surface area contributed by atoms with Gasteiger partial charge in [-0.2, -0.15) is 0 Å². The van der Waals surface area contributed by atoms with Crippen molar-refractivity contribution in [2.24, 2.45) is 5.92 Å². The van der Waals surface area contributed by atoms with Crippen molar-refractivity contribution in [3.63, 3.8) is 0 Å². The van der Waals surface area contributed by atoms with Crippen LogP contribution >= 0.6 is 11.3 Å². The lowest BCUT2D eigenvalue weighted by atomic mass is 9.98. The van der Waals surface area contributed by atoms with Crippen molar-refractivity contribution in [2.45, 2.75) is 56.5 Å². The fourth-order valence-electron chi connectivity index (χ4n) is 2.79. The first kappa shape index (κ1) is 15.9. The maximum atomic E-state index is 12.6. The van der Waals surface area contributed by atoms with Crippen molar-refractivity contribution >= 4 is 21.4 Å². The highest BCUT2D eigenvalue weighted by atomic mass is 32.2. The Morgan fingerprint density at radius 1 is 1.30 bits per heavy atom. The Morgan fingerprint density at radius 2 is 2.05 bits per heavy atom. The third-order valence-corrected chi connectivity index (χ3v) is 6.62. The minimum atomic E-state index is -3.40. The van der Waals surface area contributed by atoms with Crippen molar-refractivity contribution in [1.82, 2.24) is 10.0 Å². The van der Waals surface area contributed by atoms with Crippen LogP contribution in [-0.4, -0.2) is 21.5 Å². The molecule has 0 aliphatic heterocycles. The van der Waals surface area contributed by atoms with Crippen molar-refractivity contribution < 1.29 is 8.42 Å². The van der Waals surface area contributed by atoms with E-state index in [4.69, 9.17) is 0 Å². The summed E-state index contributed by atoms with van der Waals surface area (Å²) in [5, 5.41) is 4.87. The van der Waals surface area contributed by atoms with Gasteiger partial charge in [-0.1, -0.05) is 26.2 Å². The van der Waals surface area contributed by atoms with Crippen LogP contribution in [0.15, 0.2) is 16.3 Å². The SMILES string of the molecule is CNCc1sccc1S(=O)(=O)NC1CCCCCC1C. The first-order valence-corrected chi connectivity index (χ1v) is 9.64. The van der Waals surface area contributed by atoms with Gasteiger partial charge in [-0.25, -0.2) is 13.1 Å². The van der Waals surface area contributed by atoms with Crippen LogP contribution in [0.3, 0.4) is 0 Å². The molecule has 1 aromatic rings. The molecule has 1 aromatic heterocycles. The zero-order valence-electron chi connectivity index (χ0n) is 12.2. The van der Waals surface area contributed by atoms with Gasteiger partial charge in [-0.15, -0.1) is 11.3 Å². The molecular weight excluding hydrogens is 292 g/mol. The lowest BCUT2D eigenvalue weighted by Gasteiger charge is -2.22. The van der Waals surface area contributed by atoms with Crippen LogP contribution in [-0.2, 0) is 16.6 Å². The zero-order valence-corrected chi connectivity index (χ0v) is 13.8. The smallest absolute Gasteiger partial charge is 0.241 e. The van der Waals surface area contributed by atoms with Crippen LogP contribution in [0.25, 0.3) is 0 Å². The van der Waals surface area contributed by atoms with Gasteiger partial charge in [-0.05, 0) is 37.3 Å². The second-order valence-corrected chi connectivity index (χ2v) is 8.26. The monoisotopic (exact) mass is 316 g/mol. The molecule has 1 aliphatic carbocycles. The number of nitrogens with one attached hydrogen (secondary N) is 2. The Labute approximate surface area is 126 Å². The second kappa shape index (κ2) is 7.02. The summed E-state index contributed by atoms with van der Waals surface area (Å²) in [6, 6.07) is 1.78. The highest BCUT2D eigenvalue weighted by Crippen LogP contribution is 2.26. The maximum absolute atomic E-state index is 12.6. The third kappa shape index (κ3) is 3.81. The molecule has 114 valence electrons. The summed E-state index contributed by atoms with van der Waals surface area (Å²) in [4.78, 5) is 1.31. The standard InChI is InChI=1S/C14H24N2O2S2/c1-11-6-4-3-5-7-12(11)16-20(17,18)14-8-9-19-13(14)10-15-2/h8-9,11-12,15-16H,3-7,10H2,1-2H3. The fraction of sp³-hybridized carbons (Fsp3) is 0.714. The normalized spacial score (nSPS) is 24.5. The summed E-state index contributed by atoms with van der Waals surface area (Å²) < 4.78 is 28.1. The summed E-state index contributed by atoms with van der Waals surface area (Å²) in [6.07, 6.45) is 5.60. The molecule has 1 heterocycles. The van der Waals surface area contributed by atoms with E-state index in [1.807, 2.05) is 12.4 Å². The molecule has 1 saturated carbocycles. The minimum absolute atomic E-state index is 0.0739. The minimum Gasteiger partial charge on any atom is -0.315 e. The van der Waals surface area contributed by atoms with Gasteiger partial charge in [0, 0.05) is 17.5 Å². The van der Waals surface area contributed by atoms with Crippen molar-refractivity contribution in [3.05, 3.63) is 16.3 Å². The van der Waals surface area contributed by atoms with E-state index >= 15 is 0 Å². The van der Waals surface area contributed by atoms with Gasteiger partial charge in [-0.3, -0.25) is 0 Å². The first-order valence-electron chi connectivity index (χ1n) is 7.28. The molecule has 2 atom stereocenters. The van der Waals surface area contributed by atoms with Crippen LogP contribution in [0.4, 0.5) is 0 Å². The Hall–Kier alpha value is -0.430. The van der Waals surface area contributed by atoms with Gasteiger partial charge in [0.25, 0.3) is 0 Å².